The van der Waals surface area contributed by atoms with E-state index in [2.05, 4.69) is 25.1 Å². The van der Waals surface area contributed by atoms with Gasteiger partial charge in [-0.1, -0.05) is 17.7 Å². The molecule has 8 nitrogen and oxygen atoms in total. The van der Waals surface area contributed by atoms with Crippen LogP contribution in [0, 0.1) is 13.8 Å². The van der Waals surface area contributed by atoms with E-state index in [0.29, 0.717) is 11.4 Å². The standard InChI is InChI=1S/C18H25N5O3S/c1-14-3-4-16(15(2)13-14)27(24,25)22-18-6-5-17(20-21-18)19-7-8-23-9-11-26-12-10-23/h3-6,13H,7-12H2,1-2H3,(H,19,20)(H,21,22). The van der Waals surface area contributed by atoms with Crippen LogP contribution < -0.4 is 10.0 Å². The van der Waals surface area contributed by atoms with Crippen molar-refractivity contribution in [1.82, 2.24) is 15.1 Å². The van der Waals surface area contributed by atoms with Crippen molar-refractivity contribution in [2.24, 2.45) is 0 Å². The quantitative estimate of drug-likeness (QED) is 0.741. The number of hydrogen-bond donors (Lipinski definition) is 2. The van der Waals surface area contributed by atoms with Crippen molar-refractivity contribution in [2.75, 3.05) is 49.4 Å². The molecule has 0 spiro atoms. The number of ether oxygens (including phenoxy) is 1. The number of sulfonamides is 1. The zero-order valence-electron chi connectivity index (χ0n) is 15.6. The Bertz CT molecular complexity index is 865. The van der Waals surface area contributed by atoms with E-state index < -0.39 is 10.0 Å². The van der Waals surface area contributed by atoms with Crippen molar-refractivity contribution in [3.8, 4) is 0 Å². The monoisotopic (exact) mass is 391 g/mol. The van der Waals surface area contributed by atoms with Gasteiger partial charge in [0, 0.05) is 26.2 Å². The summed E-state index contributed by atoms with van der Waals surface area (Å²) in [6.45, 7) is 8.75. The van der Waals surface area contributed by atoms with Gasteiger partial charge in [-0.3, -0.25) is 9.62 Å². The number of aryl methyl sites for hydroxylation is 2. The van der Waals surface area contributed by atoms with Crippen LogP contribution in [0.15, 0.2) is 35.2 Å². The number of anilines is 2. The summed E-state index contributed by atoms with van der Waals surface area (Å²) < 4.78 is 32.9. The fourth-order valence-electron chi connectivity index (χ4n) is 2.94. The fraction of sp³-hybridized carbons (Fsp3) is 0.444. The minimum Gasteiger partial charge on any atom is -0.379 e. The average Bonchev–Trinajstić information content (AvgIpc) is 2.63. The Morgan fingerprint density at radius 2 is 1.78 bits per heavy atom. The van der Waals surface area contributed by atoms with Crippen molar-refractivity contribution in [2.45, 2.75) is 18.7 Å². The third-order valence-corrected chi connectivity index (χ3v) is 5.88. The molecule has 1 fully saturated rings. The Kier molecular flexibility index (Phi) is 6.25. The largest absolute Gasteiger partial charge is 0.379 e. The van der Waals surface area contributed by atoms with Crippen LogP contribution in [0.3, 0.4) is 0 Å². The molecule has 0 saturated carbocycles. The van der Waals surface area contributed by atoms with Gasteiger partial charge in [0.25, 0.3) is 10.0 Å². The third kappa shape index (κ3) is 5.38. The lowest BCUT2D eigenvalue weighted by Gasteiger charge is -2.26. The maximum absolute atomic E-state index is 12.6. The normalized spacial score (nSPS) is 15.5. The molecular weight excluding hydrogens is 366 g/mol. The number of rotatable bonds is 7. The summed E-state index contributed by atoms with van der Waals surface area (Å²) in [5, 5.41) is 11.2. The smallest absolute Gasteiger partial charge is 0.263 e. The van der Waals surface area contributed by atoms with E-state index in [4.69, 9.17) is 4.74 Å². The minimum atomic E-state index is -3.70. The lowest BCUT2D eigenvalue weighted by molar-refractivity contribution is 0.0398. The number of nitrogens with one attached hydrogen (secondary N) is 2. The van der Waals surface area contributed by atoms with Crippen molar-refractivity contribution in [1.29, 1.82) is 0 Å². The van der Waals surface area contributed by atoms with Crippen LogP contribution in [0.5, 0.6) is 0 Å². The molecule has 0 unspecified atom stereocenters. The summed E-state index contributed by atoms with van der Waals surface area (Å²) in [5.74, 6) is 0.798. The molecule has 1 saturated heterocycles. The first kappa shape index (κ1) is 19.5. The highest BCUT2D eigenvalue weighted by molar-refractivity contribution is 7.92. The summed E-state index contributed by atoms with van der Waals surface area (Å²) >= 11 is 0. The SMILES string of the molecule is Cc1ccc(S(=O)(=O)Nc2ccc(NCCN3CCOCC3)nn2)c(C)c1. The van der Waals surface area contributed by atoms with E-state index in [0.717, 1.165) is 45.0 Å². The molecule has 0 aliphatic carbocycles. The van der Waals surface area contributed by atoms with Gasteiger partial charge < -0.3 is 10.1 Å². The maximum atomic E-state index is 12.6. The van der Waals surface area contributed by atoms with Crippen molar-refractivity contribution in [3.05, 3.63) is 41.5 Å². The summed E-state index contributed by atoms with van der Waals surface area (Å²) in [5.41, 5.74) is 1.70. The van der Waals surface area contributed by atoms with E-state index in [1.54, 1.807) is 31.2 Å². The predicted molar refractivity (Wildman–Crippen MR) is 105 cm³/mol. The molecule has 1 aromatic carbocycles. The molecule has 2 N–H and O–H groups in total. The Morgan fingerprint density at radius 3 is 2.44 bits per heavy atom. The molecule has 0 radical (unpaired) electrons. The average molecular weight is 391 g/mol. The topological polar surface area (TPSA) is 96.5 Å². The highest BCUT2D eigenvalue weighted by Gasteiger charge is 2.17. The first-order valence-corrected chi connectivity index (χ1v) is 10.4. The maximum Gasteiger partial charge on any atom is 0.263 e. The number of nitrogens with zero attached hydrogens (tertiary/aromatic N) is 3. The molecule has 9 heteroatoms. The first-order chi connectivity index (χ1) is 12.9. The fourth-order valence-corrected chi connectivity index (χ4v) is 4.17. The van der Waals surface area contributed by atoms with Crippen molar-refractivity contribution in [3.63, 3.8) is 0 Å². The first-order valence-electron chi connectivity index (χ1n) is 8.92. The van der Waals surface area contributed by atoms with E-state index in [-0.39, 0.29) is 10.7 Å². The minimum absolute atomic E-state index is 0.189. The molecule has 1 aliphatic heterocycles. The van der Waals surface area contributed by atoms with Crippen LogP contribution in [0.25, 0.3) is 0 Å². The molecule has 0 bridgehead atoms. The van der Waals surface area contributed by atoms with E-state index >= 15 is 0 Å². The Morgan fingerprint density at radius 1 is 1.07 bits per heavy atom. The molecule has 2 aromatic rings. The zero-order valence-corrected chi connectivity index (χ0v) is 16.4. The van der Waals surface area contributed by atoms with Crippen LogP contribution in [-0.4, -0.2) is 62.9 Å². The second-order valence-electron chi connectivity index (χ2n) is 6.56. The van der Waals surface area contributed by atoms with E-state index in [1.165, 1.54) is 0 Å². The number of aromatic nitrogens is 2. The van der Waals surface area contributed by atoms with Gasteiger partial charge in [-0.05, 0) is 37.6 Å². The van der Waals surface area contributed by atoms with Crippen molar-refractivity contribution < 1.29 is 13.2 Å². The Balaban J connectivity index is 1.56. The van der Waals surface area contributed by atoms with Crippen LogP contribution in [-0.2, 0) is 14.8 Å². The Labute approximate surface area is 160 Å². The molecule has 146 valence electrons. The lowest BCUT2D eigenvalue weighted by atomic mass is 10.2. The highest BCUT2D eigenvalue weighted by Crippen LogP contribution is 2.19. The molecule has 1 aliphatic rings. The van der Waals surface area contributed by atoms with Gasteiger partial charge in [0.05, 0.1) is 18.1 Å². The van der Waals surface area contributed by atoms with Gasteiger partial charge in [-0.25, -0.2) is 8.42 Å². The number of morpholine rings is 1. The molecule has 2 heterocycles. The van der Waals surface area contributed by atoms with Gasteiger partial charge in [0.2, 0.25) is 0 Å². The third-order valence-electron chi connectivity index (χ3n) is 4.36. The molecule has 0 atom stereocenters. The van der Waals surface area contributed by atoms with Gasteiger partial charge in [-0.15, -0.1) is 10.2 Å². The van der Waals surface area contributed by atoms with Gasteiger partial charge >= 0.3 is 0 Å². The summed E-state index contributed by atoms with van der Waals surface area (Å²) in [6, 6.07) is 8.52. The highest BCUT2D eigenvalue weighted by atomic mass is 32.2. The van der Waals surface area contributed by atoms with Gasteiger partial charge in [0.1, 0.15) is 5.82 Å². The van der Waals surface area contributed by atoms with Crippen molar-refractivity contribution >= 4 is 21.7 Å². The lowest BCUT2D eigenvalue weighted by Crippen LogP contribution is -2.39. The second-order valence-corrected chi connectivity index (χ2v) is 8.21. The van der Waals surface area contributed by atoms with Gasteiger partial charge in [-0.2, -0.15) is 0 Å². The second kappa shape index (κ2) is 8.64. The van der Waals surface area contributed by atoms with Crippen LogP contribution in [0.4, 0.5) is 11.6 Å². The van der Waals surface area contributed by atoms with Crippen LogP contribution in [0.1, 0.15) is 11.1 Å². The van der Waals surface area contributed by atoms with E-state index in [9.17, 15) is 8.42 Å². The predicted octanol–water partition coefficient (Wildman–Crippen LogP) is 1.64. The number of benzene rings is 1. The molecule has 3 rings (SSSR count). The van der Waals surface area contributed by atoms with Crippen LogP contribution >= 0.6 is 0 Å². The summed E-state index contributed by atoms with van der Waals surface area (Å²) in [7, 11) is -3.70. The molecular formula is C18H25N5O3S. The molecule has 0 amide bonds. The molecule has 27 heavy (non-hydrogen) atoms. The number of hydrogen-bond acceptors (Lipinski definition) is 7. The summed E-state index contributed by atoms with van der Waals surface area (Å²) in [4.78, 5) is 2.55. The molecule has 1 aromatic heterocycles. The Hall–Kier alpha value is -2.23. The van der Waals surface area contributed by atoms with E-state index in [1.807, 2.05) is 13.0 Å². The van der Waals surface area contributed by atoms with Crippen LogP contribution in [0.2, 0.25) is 0 Å². The van der Waals surface area contributed by atoms with Gasteiger partial charge in [0.15, 0.2) is 5.82 Å². The zero-order chi connectivity index (χ0) is 19.3. The summed E-state index contributed by atoms with van der Waals surface area (Å²) in [6.07, 6.45) is 0.